The second kappa shape index (κ2) is 4.52. The first-order chi connectivity index (χ1) is 8.93. The Hall–Kier alpha value is -2.70. The van der Waals surface area contributed by atoms with Crippen molar-refractivity contribution in [3.05, 3.63) is 61.6 Å². The molecule has 98 valence electrons. The highest BCUT2D eigenvalue weighted by Crippen LogP contribution is 2.20. The number of aromatic nitrogens is 2. The molecule has 1 N–H and O–H groups in total. The molecule has 0 saturated heterocycles. The largest absolute Gasteiger partial charge is 0.299 e. The van der Waals surface area contributed by atoms with Crippen molar-refractivity contribution in [3.8, 4) is 0 Å². The molecule has 19 heavy (non-hydrogen) atoms. The molecule has 7 heteroatoms. The van der Waals surface area contributed by atoms with Crippen LogP contribution in [0.25, 0.3) is 0 Å². The number of hydrogen-bond acceptors (Lipinski definition) is 4. The van der Waals surface area contributed by atoms with Gasteiger partial charge in [-0.15, -0.1) is 0 Å². The van der Waals surface area contributed by atoms with Crippen LogP contribution in [0.2, 0.25) is 0 Å². The minimum Gasteiger partial charge on any atom is -0.299 e. The lowest BCUT2D eigenvalue weighted by Gasteiger charge is -2.00. The Labute approximate surface area is 107 Å². The molecule has 0 bridgehead atoms. The van der Waals surface area contributed by atoms with Gasteiger partial charge in [-0.05, 0) is 13.0 Å². The second-order valence-corrected chi connectivity index (χ2v) is 4.08. The van der Waals surface area contributed by atoms with E-state index in [-0.39, 0.29) is 16.8 Å². The standard InChI is InChI=1S/C12H11N3O4/c1-7-10(12(17)14(2)13-7)11(16)8-5-3-4-6-9(8)15(18)19/h3-6,13H,1-2H3. The number of nitro groups is 1. The average Bonchev–Trinajstić information content (AvgIpc) is 2.62. The summed E-state index contributed by atoms with van der Waals surface area (Å²) < 4.78 is 1.16. The molecule has 2 rings (SSSR count). The van der Waals surface area contributed by atoms with E-state index in [2.05, 4.69) is 5.10 Å². The predicted octanol–water partition coefficient (Wildman–Crippen LogP) is 1.16. The van der Waals surface area contributed by atoms with Crippen LogP contribution in [0.5, 0.6) is 0 Å². The maximum absolute atomic E-state index is 12.3. The normalized spacial score (nSPS) is 10.4. The topological polar surface area (TPSA) is 98.0 Å². The maximum Gasteiger partial charge on any atom is 0.280 e. The number of hydrogen-bond donors (Lipinski definition) is 1. The third-order valence-electron chi connectivity index (χ3n) is 2.80. The number of carbonyl (C=O) groups is 1. The molecule has 2 aromatic rings. The van der Waals surface area contributed by atoms with Gasteiger partial charge in [0.25, 0.3) is 11.2 Å². The van der Waals surface area contributed by atoms with Gasteiger partial charge in [0.05, 0.1) is 4.92 Å². The summed E-state index contributed by atoms with van der Waals surface area (Å²) in [5, 5.41) is 13.6. The van der Waals surface area contributed by atoms with E-state index in [1.807, 2.05) is 0 Å². The van der Waals surface area contributed by atoms with Gasteiger partial charge in [0.15, 0.2) is 0 Å². The third kappa shape index (κ3) is 2.05. The Bertz CT molecular complexity index is 727. The molecule has 0 fully saturated rings. The van der Waals surface area contributed by atoms with Crippen LogP contribution in [0.15, 0.2) is 29.1 Å². The van der Waals surface area contributed by atoms with E-state index in [1.54, 1.807) is 6.92 Å². The Kier molecular flexibility index (Phi) is 3.04. The minimum atomic E-state index is -0.647. The number of ketones is 1. The van der Waals surface area contributed by atoms with E-state index in [9.17, 15) is 19.7 Å². The highest BCUT2D eigenvalue weighted by atomic mass is 16.6. The SMILES string of the molecule is Cc1[nH]n(C)c(=O)c1C(=O)c1ccccc1[N+](=O)[O-]. The lowest BCUT2D eigenvalue weighted by atomic mass is 10.0. The van der Waals surface area contributed by atoms with Crippen molar-refractivity contribution in [2.45, 2.75) is 6.92 Å². The van der Waals surface area contributed by atoms with E-state index < -0.39 is 16.3 Å². The van der Waals surface area contributed by atoms with Crippen LogP contribution in [-0.4, -0.2) is 20.5 Å². The smallest absolute Gasteiger partial charge is 0.280 e. The van der Waals surface area contributed by atoms with Gasteiger partial charge in [0.1, 0.15) is 11.1 Å². The van der Waals surface area contributed by atoms with Gasteiger partial charge in [-0.25, -0.2) is 0 Å². The van der Waals surface area contributed by atoms with E-state index in [0.29, 0.717) is 5.69 Å². The number of H-pyrrole nitrogens is 1. The van der Waals surface area contributed by atoms with Crippen LogP contribution in [0.4, 0.5) is 5.69 Å². The Balaban J connectivity index is 2.63. The fourth-order valence-electron chi connectivity index (χ4n) is 1.91. The first kappa shape index (κ1) is 12.7. The molecule has 0 atom stereocenters. The molecule has 0 aliphatic heterocycles. The van der Waals surface area contributed by atoms with Gasteiger partial charge in [0, 0.05) is 18.8 Å². The lowest BCUT2D eigenvalue weighted by Crippen LogP contribution is -2.20. The van der Waals surface area contributed by atoms with Gasteiger partial charge in [0.2, 0.25) is 5.78 Å². The number of nitro benzene ring substituents is 1. The quantitative estimate of drug-likeness (QED) is 0.509. The fourth-order valence-corrected chi connectivity index (χ4v) is 1.91. The van der Waals surface area contributed by atoms with E-state index in [4.69, 9.17) is 0 Å². The zero-order valence-corrected chi connectivity index (χ0v) is 10.3. The Morgan fingerprint density at radius 2 is 2.00 bits per heavy atom. The van der Waals surface area contributed by atoms with Crippen molar-refractivity contribution in [2.24, 2.45) is 7.05 Å². The zero-order valence-electron chi connectivity index (χ0n) is 10.3. The highest BCUT2D eigenvalue weighted by Gasteiger charge is 2.25. The molecular weight excluding hydrogens is 250 g/mol. The number of nitrogens with one attached hydrogen (secondary N) is 1. The molecule has 0 amide bonds. The van der Waals surface area contributed by atoms with Crippen LogP contribution in [0.3, 0.4) is 0 Å². The monoisotopic (exact) mass is 261 g/mol. The van der Waals surface area contributed by atoms with Crippen molar-refractivity contribution < 1.29 is 9.72 Å². The van der Waals surface area contributed by atoms with Gasteiger partial charge in [-0.3, -0.25) is 29.5 Å². The number of para-hydroxylation sites is 1. The van der Waals surface area contributed by atoms with Crippen molar-refractivity contribution in [3.63, 3.8) is 0 Å². The molecule has 7 nitrogen and oxygen atoms in total. The number of carbonyl (C=O) groups excluding carboxylic acids is 1. The molecule has 0 saturated carbocycles. The zero-order chi connectivity index (χ0) is 14.2. The summed E-state index contributed by atoms with van der Waals surface area (Å²) in [4.78, 5) is 34.4. The predicted molar refractivity (Wildman–Crippen MR) is 67.3 cm³/mol. The summed E-state index contributed by atoms with van der Waals surface area (Å²) in [6.45, 7) is 1.57. The number of benzene rings is 1. The van der Waals surface area contributed by atoms with Crippen molar-refractivity contribution in [1.29, 1.82) is 0 Å². The van der Waals surface area contributed by atoms with Crippen molar-refractivity contribution in [2.75, 3.05) is 0 Å². The van der Waals surface area contributed by atoms with E-state index in [1.165, 1.54) is 31.3 Å². The lowest BCUT2D eigenvalue weighted by molar-refractivity contribution is -0.385. The van der Waals surface area contributed by atoms with Crippen LogP contribution >= 0.6 is 0 Å². The summed E-state index contributed by atoms with van der Waals surface area (Å²) in [5.41, 5.74) is -0.587. The summed E-state index contributed by atoms with van der Waals surface area (Å²) in [6, 6.07) is 5.57. The summed E-state index contributed by atoms with van der Waals surface area (Å²) in [7, 11) is 1.48. The Morgan fingerprint density at radius 3 is 2.53 bits per heavy atom. The average molecular weight is 261 g/mol. The maximum atomic E-state index is 12.3. The summed E-state index contributed by atoms with van der Waals surface area (Å²) >= 11 is 0. The molecular formula is C12H11N3O4. The van der Waals surface area contributed by atoms with Crippen molar-refractivity contribution >= 4 is 11.5 Å². The number of aryl methyl sites for hydroxylation is 2. The highest BCUT2D eigenvalue weighted by molar-refractivity contribution is 6.11. The fraction of sp³-hybridized carbons (Fsp3) is 0.167. The van der Waals surface area contributed by atoms with Crippen LogP contribution < -0.4 is 5.56 Å². The van der Waals surface area contributed by atoms with Gasteiger partial charge >= 0.3 is 0 Å². The molecule has 1 heterocycles. The first-order valence-corrected chi connectivity index (χ1v) is 5.47. The third-order valence-corrected chi connectivity index (χ3v) is 2.80. The minimum absolute atomic E-state index is 0.0724. The van der Waals surface area contributed by atoms with Crippen LogP contribution in [0.1, 0.15) is 21.6 Å². The van der Waals surface area contributed by atoms with Crippen molar-refractivity contribution in [1.82, 2.24) is 9.78 Å². The number of nitrogens with zero attached hydrogens (tertiary/aromatic N) is 2. The summed E-state index contributed by atoms with van der Waals surface area (Å²) in [6.07, 6.45) is 0. The molecule has 0 aliphatic carbocycles. The van der Waals surface area contributed by atoms with Crippen LogP contribution in [-0.2, 0) is 7.05 Å². The van der Waals surface area contributed by atoms with E-state index >= 15 is 0 Å². The molecule has 0 radical (unpaired) electrons. The number of rotatable bonds is 3. The first-order valence-electron chi connectivity index (χ1n) is 5.47. The molecule has 0 spiro atoms. The van der Waals surface area contributed by atoms with Gasteiger partial charge < -0.3 is 0 Å². The second-order valence-electron chi connectivity index (χ2n) is 4.08. The van der Waals surface area contributed by atoms with E-state index in [0.717, 1.165) is 4.68 Å². The van der Waals surface area contributed by atoms with Gasteiger partial charge in [-0.1, -0.05) is 12.1 Å². The molecule has 1 aromatic heterocycles. The Morgan fingerprint density at radius 1 is 1.37 bits per heavy atom. The number of aromatic amines is 1. The van der Waals surface area contributed by atoms with Crippen LogP contribution in [0, 0.1) is 17.0 Å². The molecule has 0 aliphatic rings. The molecule has 1 aromatic carbocycles. The molecule has 0 unspecified atom stereocenters. The summed E-state index contributed by atoms with van der Waals surface area (Å²) in [5.74, 6) is -0.647. The van der Waals surface area contributed by atoms with Gasteiger partial charge in [-0.2, -0.15) is 0 Å².